The van der Waals surface area contributed by atoms with Crippen molar-refractivity contribution in [3.63, 3.8) is 0 Å². The third-order valence-electron chi connectivity index (χ3n) is 4.78. The summed E-state index contributed by atoms with van der Waals surface area (Å²) in [4.78, 5) is 12.7. The molecule has 23 heavy (non-hydrogen) atoms. The summed E-state index contributed by atoms with van der Waals surface area (Å²) in [5, 5.41) is 3.00. The zero-order valence-electron chi connectivity index (χ0n) is 14.7. The minimum absolute atomic E-state index is 0.0397. The molecule has 0 bridgehead atoms. The lowest BCUT2D eigenvalue weighted by molar-refractivity contribution is -0.143. The van der Waals surface area contributed by atoms with Crippen LogP contribution in [0.5, 0.6) is 5.75 Å². The first-order valence-electron chi connectivity index (χ1n) is 8.62. The predicted molar refractivity (Wildman–Crippen MR) is 92.8 cm³/mol. The zero-order valence-corrected chi connectivity index (χ0v) is 14.7. The number of carbonyl (C=O) groups excluding carboxylic acids is 1. The van der Waals surface area contributed by atoms with Crippen LogP contribution in [0.1, 0.15) is 52.9 Å². The number of nitrogens with one attached hydrogen (secondary N) is 1. The zero-order chi connectivity index (χ0) is 16.9. The number of carbonyl (C=O) groups is 1. The summed E-state index contributed by atoms with van der Waals surface area (Å²) >= 11 is 0. The second kappa shape index (κ2) is 7.82. The van der Waals surface area contributed by atoms with Gasteiger partial charge in [-0.15, -0.1) is 0 Å². The van der Waals surface area contributed by atoms with Crippen molar-refractivity contribution in [3.05, 3.63) is 24.3 Å². The summed E-state index contributed by atoms with van der Waals surface area (Å²) in [6.07, 6.45) is 4.92. The topological polar surface area (TPSA) is 47.6 Å². The Balaban J connectivity index is 2.01. The maximum Gasteiger partial charge on any atom is 0.256 e. The number of benzene rings is 1. The molecule has 0 unspecified atom stereocenters. The largest absolute Gasteiger partial charge is 0.491 e. The van der Waals surface area contributed by atoms with Crippen LogP contribution in [0.25, 0.3) is 0 Å². The van der Waals surface area contributed by atoms with E-state index in [4.69, 9.17) is 9.47 Å². The number of rotatable bonds is 6. The predicted octanol–water partition coefficient (Wildman–Crippen LogP) is 4.40. The van der Waals surface area contributed by atoms with E-state index in [2.05, 4.69) is 19.2 Å². The van der Waals surface area contributed by atoms with Gasteiger partial charge in [0, 0.05) is 12.8 Å². The van der Waals surface area contributed by atoms with Crippen molar-refractivity contribution >= 4 is 11.6 Å². The van der Waals surface area contributed by atoms with E-state index in [1.165, 1.54) is 6.42 Å². The average molecular weight is 319 g/mol. The van der Waals surface area contributed by atoms with Gasteiger partial charge in [-0.05, 0) is 62.8 Å². The molecule has 0 aromatic heterocycles. The first kappa shape index (κ1) is 17.8. The molecule has 1 fully saturated rings. The Labute approximate surface area is 139 Å². The van der Waals surface area contributed by atoms with Gasteiger partial charge in [0.25, 0.3) is 5.91 Å². The molecule has 0 aliphatic heterocycles. The molecule has 1 aliphatic rings. The first-order chi connectivity index (χ1) is 11.0. The van der Waals surface area contributed by atoms with Crippen LogP contribution in [0.3, 0.4) is 0 Å². The van der Waals surface area contributed by atoms with Crippen LogP contribution in [0.15, 0.2) is 24.3 Å². The number of hydrogen-bond acceptors (Lipinski definition) is 3. The van der Waals surface area contributed by atoms with Gasteiger partial charge in [-0.3, -0.25) is 4.79 Å². The Hall–Kier alpha value is -1.55. The Morgan fingerprint density at radius 3 is 2.65 bits per heavy atom. The van der Waals surface area contributed by atoms with Crippen molar-refractivity contribution in [2.45, 2.75) is 64.6 Å². The van der Waals surface area contributed by atoms with Gasteiger partial charge in [-0.25, -0.2) is 0 Å². The molecular formula is C19H29NO3. The Morgan fingerprint density at radius 1 is 1.39 bits per heavy atom. The van der Waals surface area contributed by atoms with Crippen LogP contribution >= 0.6 is 0 Å². The van der Waals surface area contributed by atoms with E-state index < -0.39 is 5.60 Å². The third-order valence-corrected chi connectivity index (χ3v) is 4.78. The lowest BCUT2D eigenvalue weighted by atomic mass is 9.78. The maximum atomic E-state index is 12.7. The molecule has 0 heterocycles. The van der Waals surface area contributed by atoms with Crippen LogP contribution in [0.4, 0.5) is 5.69 Å². The van der Waals surface area contributed by atoms with E-state index in [1.807, 2.05) is 31.2 Å². The summed E-state index contributed by atoms with van der Waals surface area (Å²) in [5.41, 5.74) is 0.0879. The fourth-order valence-electron chi connectivity index (χ4n) is 3.16. The molecule has 4 nitrogen and oxygen atoms in total. The molecule has 1 saturated carbocycles. The van der Waals surface area contributed by atoms with Crippen molar-refractivity contribution < 1.29 is 14.3 Å². The molecule has 128 valence electrons. The highest BCUT2D eigenvalue weighted by molar-refractivity contribution is 5.97. The highest BCUT2D eigenvalue weighted by Gasteiger charge is 2.41. The molecule has 4 heteroatoms. The number of amides is 1. The van der Waals surface area contributed by atoms with Gasteiger partial charge in [0.05, 0.1) is 6.10 Å². The van der Waals surface area contributed by atoms with Gasteiger partial charge < -0.3 is 14.8 Å². The van der Waals surface area contributed by atoms with Gasteiger partial charge >= 0.3 is 0 Å². The van der Waals surface area contributed by atoms with Crippen LogP contribution < -0.4 is 10.1 Å². The molecule has 0 radical (unpaired) electrons. The Kier molecular flexibility index (Phi) is 6.05. The highest BCUT2D eigenvalue weighted by atomic mass is 16.5. The molecule has 0 spiro atoms. The molecule has 1 aliphatic carbocycles. The van der Waals surface area contributed by atoms with Crippen molar-refractivity contribution in [2.24, 2.45) is 5.92 Å². The molecule has 1 aromatic carbocycles. The molecular weight excluding hydrogens is 290 g/mol. The summed E-state index contributed by atoms with van der Waals surface area (Å²) in [7, 11) is 1.64. The van der Waals surface area contributed by atoms with Crippen LogP contribution in [0, 0.1) is 5.92 Å². The molecule has 0 saturated heterocycles. The summed E-state index contributed by atoms with van der Waals surface area (Å²) in [5.74, 6) is 1.30. The van der Waals surface area contributed by atoms with E-state index >= 15 is 0 Å². The lowest BCUT2D eigenvalue weighted by Gasteiger charge is -2.37. The Morgan fingerprint density at radius 2 is 2.09 bits per heavy atom. The number of anilines is 1. The lowest BCUT2D eigenvalue weighted by Crippen LogP contribution is -2.47. The normalized spacial score (nSPS) is 25.7. The molecule has 1 amide bonds. The summed E-state index contributed by atoms with van der Waals surface area (Å²) in [6.45, 7) is 6.32. The molecule has 2 rings (SSSR count). The molecule has 1 aromatic rings. The van der Waals surface area contributed by atoms with Crippen LogP contribution in [-0.2, 0) is 9.53 Å². The maximum absolute atomic E-state index is 12.7. The highest BCUT2D eigenvalue weighted by Crippen LogP contribution is 2.35. The number of methoxy groups -OCH3 is 1. The number of hydrogen-bond donors (Lipinski definition) is 1. The fraction of sp³-hybridized carbons (Fsp3) is 0.632. The second-order valence-electron chi connectivity index (χ2n) is 6.72. The van der Waals surface area contributed by atoms with Gasteiger partial charge in [-0.1, -0.05) is 20.3 Å². The Bertz CT molecular complexity index is 514. The summed E-state index contributed by atoms with van der Waals surface area (Å²) < 4.78 is 11.4. The van der Waals surface area contributed by atoms with E-state index in [9.17, 15) is 4.79 Å². The fourth-order valence-corrected chi connectivity index (χ4v) is 3.16. The van der Waals surface area contributed by atoms with Gasteiger partial charge in [0.15, 0.2) is 0 Å². The standard InChI is InChI=1S/C19H29NO3/c1-5-15(3)23-17-10-8-16(9-11-17)20-18(21)19(22-4)12-6-7-14(2)13-19/h8-11,14-15H,5-7,12-13H2,1-4H3,(H,20,21)/t14-,15-,19+/m1/s1. The van der Waals surface area contributed by atoms with Gasteiger partial charge in [0.1, 0.15) is 11.4 Å². The van der Waals surface area contributed by atoms with E-state index in [-0.39, 0.29) is 12.0 Å². The monoisotopic (exact) mass is 319 g/mol. The smallest absolute Gasteiger partial charge is 0.256 e. The van der Waals surface area contributed by atoms with Crippen LogP contribution in [-0.4, -0.2) is 24.7 Å². The van der Waals surface area contributed by atoms with E-state index in [1.54, 1.807) is 7.11 Å². The van der Waals surface area contributed by atoms with Gasteiger partial charge in [0.2, 0.25) is 0 Å². The number of ether oxygens (including phenoxy) is 2. The van der Waals surface area contributed by atoms with Crippen LogP contribution in [0.2, 0.25) is 0 Å². The summed E-state index contributed by atoms with van der Waals surface area (Å²) in [6, 6.07) is 7.55. The van der Waals surface area contributed by atoms with Crippen molar-refractivity contribution in [1.29, 1.82) is 0 Å². The second-order valence-corrected chi connectivity index (χ2v) is 6.72. The molecule has 3 atom stereocenters. The minimum Gasteiger partial charge on any atom is -0.491 e. The first-order valence-corrected chi connectivity index (χ1v) is 8.62. The van der Waals surface area contributed by atoms with E-state index in [0.29, 0.717) is 5.92 Å². The van der Waals surface area contributed by atoms with Gasteiger partial charge in [-0.2, -0.15) is 0 Å². The SMILES string of the molecule is CC[C@@H](C)Oc1ccc(NC(=O)[C@]2(OC)CCC[C@@H](C)C2)cc1. The van der Waals surface area contributed by atoms with E-state index in [0.717, 1.165) is 37.1 Å². The van der Waals surface area contributed by atoms with Crippen molar-refractivity contribution in [3.8, 4) is 5.75 Å². The molecule has 1 N–H and O–H groups in total. The van der Waals surface area contributed by atoms with Crippen molar-refractivity contribution in [1.82, 2.24) is 0 Å². The quantitative estimate of drug-likeness (QED) is 0.845. The van der Waals surface area contributed by atoms with Crippen molar-refractivity contribution in [2.75, 3.05) is 12.4 Å². The third kappa shape index (κ3) is 4.47. The minimum atomic E-state index is -0.691. The average Bonchev–Trinajstić information content (AvgIpc) is 2.56.